The maximum absolute atomic E-state index is 12.2. The van der Waals surface area contributed by atoms with Gasteiger partial charge in [-0.25, -0.2) is 0 Å². The Morgan fingerprint density at radius 1 is 1.26 bits per heavy atom. The van der Waals surface area contributed by atoms with E-state index in [0.717, 1.165) is 12.1 Å². The van der Waals surface area contributed by atoms with E-state index >= 15 is 0 Å². The summed E-state index contributed by atoms with van der Waals surface area (Å²) in [6, 6.07) is 13.9. The minimum atomic E-state index is -0.341. The van der Waals surface area contributed by atoms with Crippen molar-refractivity contribution in [2.45, 2.75) is 12.8 Å². The SMILES string of the molecule is COc1cc(C#N)ccc1OCC(=O)Nc1cccc(N2CCCC2=O)c1. The third-order valence-corrected chi connectivity index (χ3v) is 4.17. The van der Waals surface area contributed by atoms with Gasteiger partial charge in [0.2, 0.25) is 5.91 Å². The summed E-state index contributed by atoms with van der Waals surface area (Å²) >= 11 is 0. The van der Waals surface area contributed by atoms with Crippen LogP contribution in [0.4, 0.5) is 11.4 Å². The molecule has 7 nitrogen and oxygen atoms in total. The van der Waals surface area contributed by atoms with Crippen molar-refractivity contribution in [1.82, 2.24) is 0 Å². The predicted molar refractivity (Wildman–Crippen MR) is 99.9 cm³/mol. The fourth-order valence-electron chi connectivity index (χ4n) is 2.87. The normalized spacial score (nSPS) is 13.2. The number of nitrogens with one attached hydrogen (secondary N) is 1. The van der Waals surface area contributed by atoms with Crippen molar-refractivity contribution >= 4 is 23.2 Å². The zero-order valence-electron chi connectivity index (χ0n) is 14.9. The van der Waals surface area contributed by atoms with Crippen LogP contribution in [0, 0.1) is 11.3 Å². The van der Waals surface area contributed by atoms with Crippen LogP contribution < -0.4 is 19.7 Å². The van der Waals surface area contributed by atoms with Crippen LogP contribution in [0.15, 0.2) is 42.5 Å². The molecule has 2 amide bonds. The van der Waals surface area contributed by atoms with Crippen LogP contribution in [-0.2, 0) is 9.59 Å². The Bertz CT molecular complexity index is 904. The molecule has 0 aliphatic carbocycles. The molecule has 1 aliphatic heterocycles. The largest absolute Gasteiger partial charge is 0.493 e. The number of benzene rings is 2. The lowest BCUT2D eigenvalue weighted by Gasteiger charge is -2.17. The number of nitrogens with zero attached hydrogens (tertiary/aromatic N) is 2. The second-order valence-electron chi connectivity index (χ2n) is 6.01. The highest BCUT2D eigenvalue weighted by atomic mass is 16.5. The van der Waals surface area contributed by atoms with Crippen LogP contribution in [-0.4, -0.2) is 32.1 Å². The standard InChI is InChI=1S/C20H19N3O4/c1-26-18-10-14(12-21)7-8-17(18)27-13-19(24)22-15-4-2-5-16(11-15)23-9-3-6-20(23)25/h2,4-5,7-8,10-11H,3,6,9,13H2,1H3,(H,22,24). The Morgan fingerprint density at radius 3 is 2.81 bits per heavy atom. The van der Waals surface area contributed by atoms with Crippen molar-refractivity contribution in [3.63, 3.8) is 0 Å². The van der Waals surface area contributed by atoms with Gasteiger partial charge < -0.3 is 19.7 Å². The molecule has 27 heavy (non-hydrogen) atoms. The number of rotatable bonds is 6. The van der Waals surface area contributed by atoms with Crippen molar-refractivity contribution in [1.29, 1.82) is 5.26 Å². The van der Waals surface area contributed by atoms with Gasteiger partial charge in [-0.05, 0) is 36.8 Å². The molecule has 0 radical (unpaired) electrons. The maximum Gasteiger partial charge on any atom is 0.262 e. The van der Waals surface area contributed by atoms with Crippen LogP contribution in [0.1, 0.15) is 18.4 Å². The first-order valence-corrected chi connectivity index (χ1v) is 8.52. The summed E-state index contributed by atoms with van der Waals surface area (Å²) in [4.78, 5) is 25.8. The lowest BCUT2D eigenvalue weighted by molar-refractivity contribution is -0.118. The summed E-state index contributed by atoms with van der Waals surface area (Å²) < 4.78 is 10.7. The summed E-state index contributed by atoms with van der Waals surface area (Å²) in [6.45, 7) is 0.479. The number of hydrogen-bond acceptors (Lipinski definition) is 5. The van der Waals surface area contributed by atoms with Crippen LogP contribution in [0.2, 0.25) is 0 Å². The van der Waals surface area contributed by atoms with Crippen LogP contribution in [0.25, 0.3) is 0 Å². The van der Waals surface area contributed by atoms with Gasteiger partial charge in [0, 0.05) is 30.4 Å². The monoisotopic (exact) mass is 365 g/mol. The predicted octanol–water partition coefficient (Wildman–Crippen LogP) is 2.71. The van der Waals surface area contributed by atoms with Gasteiger partial charge in [0.15, 0.2) is 18.1 Å². The lowest BCUT2D eigenvalue weighted by atomic mass is 10.2. The van der Waals surface area contributed by atoms with Gasteiger partial charge in [-0.2, -0.15) is 5.26 Å². The fourth-order valence-corrected chi connectivity index (χ4v) is 2.87. The summed E-state index contributed by atoms with van der Waals surface area (Å²) in [5.41, 5.74) is 1.80. The van der Waals surface area contributed by atoms with Gasteiger partial charge in [0.1, 0.15) is 0 Å². The molecule has 0 bridgehead atoms. The average molecular weight is 365 g/mol. The number of methoxy groups -OCH3 is 1. The van der Waals surface area contributed by atoms with Crippen molar-refractivity contribution < 1.29 is 19.1 Å². The third-order valence-electron chi connectivity index (χ3n) is 4.17. The zero-order chi connectivity index (χ0) is 19.2. The van der Waals surface area contributed by atoms with Crippen molar-refractivity contribution in [3.05, 3.63) is 48.0 Å². The molecule has 1 fully saturated rings. The van der Waals surface area contributed by atoms with Crippen molar-refractivity contribution in [2.24, 2.45) is 0 Å². The first-order chi connectivity index (χ1) is 13.1. The Labute approximate surface area is 157 Å². The van der Waals surface area contributed by atoms with Gasteiger partial charge in [-0.15, -0.1) is 0 Å². The van der Waals surface area contributed by atoms with Crippen LogP contribution in [0.3, 0.4) is 0 Å². The Hall–Kier alpha value is -3.53. The molecule has 2 aromatic carbocycles. The number of nitriles is 1. The fraction of sp³-hybridized carbons (Fsp3) is 0.250. The summed E-state index contributed by atoms with van der Waals surface area (Å²) in [5, 5.41) is 11.7. The molecule has 1 saturated heterocycles. The zero-order valence-corrected chi connectivity index (χ0v) is 14.9. The first-order valence-electron chi connectivity index (χ1n) is 8.52. The van der Waals surface area contributed by atoms with E-state index in [0.29, 0.717) is 35.7 Å². The van der Waals surface area contributed by atoms with E-state index in [4.69, 9.17) is 14.7 Å². The number of anilines is 2. The first kappa shape index (κ1) is 18.3. The van der Waals surface area contributed by atoms with E-state index in [1.807, 2.05) is 12.1 Å². The van der Waals surface area contributed by atoms with Gasteiger partial charge >= 0.3 is 0 Å². The second kappa shape index (κ2) is 8.23. The van der Waals surface area contributed by atoms with E-state index in [1.165, 1.54) is 7.11 Å². The second-order valence-corrected chi connectivity index (χ2v) is 6.01. The summed E-state index contributed by atoms with van der Waals surface area (Å²) in [5.74, 6) is 0.514. The van der Waals surface area contributed by atoms with E-state index in [9.17, 15) is 9.59 Å². The highest BCUT2D eigenvalue weighted by Gasteiger charge is 2.21. The van der Waals surface area contributed by atoms with Crippen LogP contribution in [0.5, 0.6) is 11.5 Å². The molecular formula is C20H19N3O4. The molecule has 0 saturated carbocycles. The minimum absolute atomic E-state index is 0.0923. The minimum Gasteiger partial charge on any atom is -0.493 e. The maximum atomic E-state index is 12.2. The van der Waals surface area contributed by atoms with E-state index in [-0.39, 0.29) is 18.4 Å². The highest BCUT2D eigenvalue weighted by molar-refractivity contribution is 5.97. The molecule has 3 rings (SSSR count). The molecule has 1 aliphatic rings. The molecular weight excluding hydrogens is 346 g/mol. The molecule has 0 unspecified atom stereocenters. The van der Waals surface area contributed by atoms with Gasteiger partial charge in [0.05, 0.1) is 18.7 Å². The van der Waals surface area contributed by atoms with Crippen molar-refractivity contribution in [3.8, 4) is 17.6 Å². The number of ether oxygens (including phenoxy) is 2. The van der Waals surface area contributed by atoms with E-state index in [2.05, 4.69) is 5.32 Å². The van der Waals surface area contributed by atoms with E-state index < -0.39 is 0 Å². The number of carbonyl (C=O) groups is 2. The molecule has 1 heterocycles. The van der Waals surface area contributed by atoms with Gasteiger partial charge in [-0.3, -0.25) is 9.59 Å². The van der Waals surface area contributed by atoms with Crippen LogP contribution >= 0.6 is 0 Å². The molecule has 2 aromatic rings. The molecule has 138 valence electrons. The quantitative estimate of drug-likeness (QED) is 0.850. The highest BCUT2D eigenvalue weighted by Crippen LogP contribution is 2.28. The smallest absolute Gasteiger partial charge is 0.262 e. The number of amides is 2. The summed E-state index contributed by atoms with van der Waals surface area (Å²) in [7, 11) is 1.47. The molecule has 0 spiro atoms. The lowest BCUT2D eigenvalue weighted by Crippen LogP contribution is -2.24. The molecule has 7 heteroatoms. The summed E-state index contributed by atoms with van der Waals surface area (Å²) in [6.07, 6.45) is 1.40. The Kier molecular flexibility index (Phi) is 5.57. The third kappa shape index (κ3) is 4.36. The topological polar surface area (TPSA) is 91.7 Å². The Balaban J connectivity index is 1.62. The van der Waals surface area contributed by atoms with E-state index in [1.54, 1.807) is 41.3 Å². The van der Waals surface area contributed by atoms with Gasteiger partial charge in [-0.1, -0.05) is 6.07 Å². The Morgan fingerprint density at radius 2 is 2.11 bits per heavy atom. The van der Waals surface area contributed by atoms with Gasteiger partial charge in [0.25, 0.3) is 5.91 Å². The van der Waals surface area contributed by atoms with Crippen molar-refractivity contribution in [2.75, 3.05) is 30.5 Å². The number of hydrogen-bond donors (Lipinski definition) is 1. The molecule has 1 N–H and O–H groups in total. The molecule has 0 atom stereocenters. The number of carbonyl (C=O) groups excluding carboxylic acids is 2. The average Bonchev–Trinajstić information content (AvgIpc) is 3.12. The molecule has 0 aromatic heterocycles.